The van der Waals surface area contributed by atoms with Crippen molar-refractivity contribution in [2.45, 2.75) is 38.1 Å². The third-order valence-electron chi connectivity index (χ3n) is 5.14. The van der Waals surface area contributed by atoms with E-state index in [-0.39, 0.29) is 17.8 Å². The van der Waals surface area contributed by atoms with E-state index in [1.807, 2.05) is 6.92 Å². The van der Waals surface area contributed by atoms with Crippen molar-refractivity contribution >= 4 is 5.91 Å². The van der Waals surface area contributed by atoms with E-state index in [1.54, 1.807) is 29.2 Å². The minimum Gasteiger partial charge on any atom is -0.471 e. The lowest BCUT2D eigenvalue weighted by molar-refractivity contribution is -0.141. The average molecular weight is 432 g/mol. The molecule has 1 saturated heterocycles. The Morgan fingerprint density at radius 1 is 1.13 bits per heavy atom. The van der Waals surface area contributed by atoms with Gasteiger partial charge in [-0.1, -0.05) is 12.1 Å². The van der Waals surface area contributed by atoms with E-state index in [9.17, 15) is 18.0 Å². The maximum atomic E-state index is 13.3. The molecule has 0 N–H and O–H groups in total. The van der Waals surface area contributed by atoms with Gasteiger partial charge < -0.3 is 9.64 Å². The largest absolute Gasteiger partial charge is 0.471 e. The van der Waals surface area contributed by atoms with Gasteiger partial charge in [0.15, 0.2) is 5.69 Å². The monoisotopic (exact) mass is 432 g/mol. The highest BCUT2D eigenvalue weighted by atomic mass is 19.4. The van der Waals surface area contributed by atoms with Crippen LogP contribution in [0.15, 0.2) is 49.1 Å². The molecule has 1 aliphatic rings. The molecule has 1 aliphatic heterocycles. The van der Waals surface area contributed by atoms with Crippen molar-refractivity contribution in [1.82, 2.24) is 29.9 Å². The van der Waals surface area contributed by atoms with Gasteiger partial charge in [0.1, 0.15) is 6.10 Å². The van der Waals surface area contributed by atoms with Gasteiger partial charge in [0.05, 0.1) is 42.1 Å². The molecule has 31 heavy (non-hydrogen) atoms. The highest BCUT2D eigenvalue weighted by Gasteiger charge is 2.35. The van der Waals surface area contributed by atoms with Crippen LogP contribution in [-0.4, -0.2) is 54.5 Å². The number of ether oxygens (including phenoxy) is 1. The van der Waals surface area contributed by atoms with Crippen molar-refractivity contribution in [2.75, 3.05) is 6.54 Å². The van der Waals surface area contributed by atoms with Crippen molar-refractivity contribution in [3.05, 3.63) is 60.3 Å². The molecule has 1 amide bonds. The fourth-order valence-electron chi connectivity index (χ4n) is 3.55. The normalized spacial score (nSPS) is 19.3. The number of hydrogen-bond donors (Lipinski definition) is 0. The number of carbonyl (C=O) groups excluding carboxylic acids is 1. The van der Waals surface area contributed by atoms with Gasteiger partial charge in [-0.05, 0) is 31.9 Å². The molecule has 2 atom stereocenters. The third-order valence-corrected chi connectivity index (χ3v) is 5.14. The number of carbonyl (C=O) groups is 1. The zero-order chi connectivity index (χ0) is 22.0. The molecule has 162 valence electrons. The number of halogens is 3. The molecule has 0 spiro atoms. The Morgan fingerprint density at radius 2 is 1.87 bits per heavy atom. The van der Waals surface area contributed by atoms with Crippen LogP contribution in [0.25, 0.3) is 5.69 Å². The number of aromatic nitrogens is 5. The summed E-state index contributed by atoms with van der Waals surface area (Å²) in [7, 11) is 0. The van der Waals surface area contributed by atoms with Crippen molar-refractivity contribution < 1.29 is 22.7 Å². The van der Waals surface area contributed by atoms with Crippen molar-refractivity contribution in [3.8, 4) is 11.6 Å². The van der Waals surface area contributed by atoms with E-state index in [4.69, 9.17) is 4.74 Å². The Bertz CT molecular complexity index is 1040. The maximum Gasteiger partial charge on any atom is 0.434 e. The van der Waals surface area contributed by atoms with Crippen LogP contribution < -0.4 is 4.74 Å². The van der Waals surface area contributed by atoms with Crippen molar-refractivity contribution in [1.29, 1.82) is 0 Å². The molecule has 8 nitrogen and oxygen atoms in total. The number of rotatable bonds is 4. The van der Waals surface area contributed by atoms with Gasteiger partial charge in [-0.2, -0.15) is 28.2 Å². The summed E-state index contributed by atoms with van der Waals surface area (Å²) < 4.78 is 43.8. The van der Waals surface area contributed by atoms with E-state index in [2.05, 4.69) is 20.2 Å². The van der Waals surface area contributed by atoms with E-state index in [0.29, 0.717) is 36.8 Å². The molecule has 2 unspecified atom stereocenters. The van der Waals surface area contributed by atoms with Crippen LogP contribution >= 0.6 is 0 Å². The zero-order valence-corrected chi connectivity index (χ0v) is 16.5. The Hall–Kier alpha value is -3.50. The second-order valence-corrected chi connectivity index (χ2v) is 7.11. The summed E-state index contributed by atoms with van der Waals surface area (Å²) in [5.41, 5.74) is -0.0842. The number of hydrogen-bond acceptors (Lipinski definition) is 6. The van der Waals surface area contributed by atoms with Crippen LogP contribution in [0.3, 0.4) is 0 Å². The first-order valence-corrected chi connectivity index (χ1v) is 9.67. The number of amides is 1. The summed E-state index contributed by atoms with van der Waals surface area (Å²) in [4.78, 5) is 23.5. The molecule has 1 fully saturated rings. The second kappa shape index (κ2) is 8.32. The van der Waals surface area contributed by atoms with Crippen LogP contribution in [-0.2, 0) is 6.18 Å². The second-order valence-electron chi connectivity index (χ2n) is 7.11. The first-order valence-electron chi connectivity index (χ1n) is 9.67. The summed E-state index contributed by atoms with van der Waals surface area (Å²) in [6.07, 6.45) is 0.961. The predicted molar refractivity (Wildman–Crippen MR) is 103 cm³/mol. The highest BCUT2D eigenvalue weighted by molar-refractivity contribution is 5.98. The van der Waals surface area contributed by atoms with Gasteiger partial charge in [-0.3, -0.25) is 4.79 Å². The minimum absolute atomic E-state index is 0.0136. The molecular weight excluding hydrogens is 413 g/mol. The smallest absolute Gasteiger partial charge is 0.434 e. The molecule has 2 aromatic heterocycles. The van der Waals surface area contributed by atoms with Crippen LogP contribution in [0, 0.1) is 0 Å². The standard InChI is InChI=1S/C20H19F3N6O2/c1-13-16(31-18-12-24-17(11-25-18)20(21,22)23)7-4-10-28(13)19(30)14-5-2-3-6-15(14)29-26-8-9-27-29/h2-3,5-6,8-9,11-13,16H,4,7,10H2,1H3. The number of alkyl halides is 3. The molecule has 3 heterocycles. The molecule has 0 radical (unpaired) electrons. The number of likely N-dealkylation sites (tertiary alicyclic amines) is 1. The number of benzene rings is 1. The summed E-state index contributed by atoms with van der Waals surface area (Å²) >= 11 is 0. The average Bonchev–Trinajstić information content (AvgIpc) is 3.29. The van der Waals surface area contributed by atoms with Gasteiger partial charge in [-0.25, -0.2) is 9.97 Å². The molecule has 3 aromatic rings. The molecule has 0 aliphatic carbocycles. The van der Waals surface area contributed by atoms with Gasteiger partial charge in [0, 0.05) is 6.54 Å². The Kier molecular flexibility index (Phi) is 5.57. The Labute approximate surface area is 175 Å². The zero-order valence-electron chi connectivity index (χ0n) is 16.5. The molecular formula is C20H19F3N6O2. The van der Waals surface area contributed by atoms with Gasteiger partial charge in [0.25, 0.3) is 5.91 Å². The topological polar surface area (TPSA) is 86.0 Å². The van der Waals surface area contributed by atoms with Crippen molar-refractivity contribution in [3.63, 3.8) is 0 Å². The fraction of sp³-hybridized carbons (Fsp3) is 0.350. The first kappa shape index (κ1) is 20.8. The molecule has 0 saturated carbocycles. The maximum absolute atomic E-state index is 13.3. The van der Waals surface area contributed by atoms with Gasteiger partial charge in [0.2, 0.25) is 5.88 Å². The summed E-state index contributed by atoms with van der Waals surface area (Å²) in [6, 6.07) is 6.70. The van der Waals surface area contributed by atoms with Gasteiger partial charge in [-0.15, -0.1) is 0 Å². The fourth-order valence-corrected chi connectivity index (χ4v) is 3.55. The lowest BCUT2D eigenvalue weighted by Gasteiger charge is -2.39. The molecule has 4 rings (SSSR count). The lowest BCUT2D eigenvalue weighted by Crippen LogP contribution is -2.51. The molecule has 11 heteroatoms. The lowest BCUT2D eigenvalue weighted by atomic mass is 9.98. The molecule has 1 aromatic carbocycles. The van der Waals surface area contributed by atoms with Gasteiger partial charge >= 0.3 is 6.18 Å². The minimum atomic E-state index is -4.57. The summed E-state index contributed by atoms with van der Waals surface area (Å²) in [5, 5.41) is 8.21. The van der Waals surface area contributed by atoms with Crippen LogP contribution in [0.4, 0.5) is 13.2 Å². The SMILES string of the molecule is CC1C(Oc2cnc(C(F)(F)F)cn2)CCCN1C(=O)c1ccccc1-n1nccn1. The van der Waals surface area contributed by atoms with E-state index >= 15 is 0 Å². The van der Waals surface area contributed by atoms with E-state index in [0.717, 1.165) is 6.20 Å². The van der Waals surface area contributed by atoms with E-state index in [1.165, 1.54) is 17.2 Å². The number of nitrogens with zero attached hydrogens (tertiary/aromatic N) is 6. The van der Waals surface area contributed by atoms with Crippen LogP contribution in [0.2, 0.25) is 0 Å². The number of para-hydroxylation sites is 1. The van der Waals surface area contributed by atoms with Crippen LogP contribution in [0.5, 0.6) is 5.88 Å². The quantitative estimate of drug-likeness (QED) is 0.630. The summed E-state index contributed by atoms with van der Waals surface area (Å²) in [6.45, 7) is 2.37. The Balaban J connectivity index is 1.52. The predicted octanol–water partition coefficient (Wildman–Crippen LogP) is 3.15. The van der Waals surface area contributed by atoms with E-state index < -0.39 is 18.0 Å². The highest BCUT2D eigenvalue weighted by Crippen LogP contribution is 2.29. The number of piperidine rings is 1. The summed E-state index contributed by atoms with van der Waals surface area (Å²) in [5.74, 6) is -0.215. The van der Waals surface area contributed by atoms with Crippen molar-refractivity contribution in [2.24, 2.45) is 0 Å². The first-order chi connectivity index (χ1) is 14.8. The molecule has 0 bridgehead atoms. The van der Waals surface area contributed by atoms with Crippen LogP contribution in [0.1, 0.15) is 35.8 Å². The Morgan fingerprint density at radius 3 is 2.55 bits per heavy atom. The third kappa shape index (κ3) is 4.35.